The topological polar surface area (TPSA) is 52.6 Å². The number of hydrogen-bond donors (Lipinski definition) is 0. The van der Waals surface area contributed by atoms with Gasteiger partial charge in [-0.2, -0.15) is 0 Å². The van der Waals surface area contributed by atoms with Crippen molar-refractivity contribution < 1.29 is 19.1 Å². The maximum atomic E-state index is 12.4. The van der Waals surface area contributed by atoms with Crippen LogP contribution < -0.4 is 0 Å². The van der Waals surface area contributed by atoms with Crippen LogP contribution in [-0.2, 0) is 43.7 Å². The number of carbonyl (C=O) groups is 2. The van der Waals surface area contributed by atoms with Crippen molar-refractivity contribution in [3.63, 3.8) is 0 Å². The molecule has 1 aromatic rings. The molecule has 4 nitrogen and oxygen atoms in total. The van der Waals surface area contributed by atoms with E-state index >= 15 is 0 Å². The SMILES string of the molecule is CC1(C)OC(=O)C2(Cc3cc(CCl)c(CCl)cc3C2)C(=O)O1. The van der Waals surface area contributed by atoms with Gasteiger partial charge in [-0.05, 0) is 35.1 Å². The van der Waals surface area contributed by atoms with Crippen molar-refractivity contribution in [2.45, 2.75) is 44.2 Å². The van der Waals surface area contributed by atoms with E-state index in [0.29, 0.717) is 11.8 Å². The molecule has 1 aliphatic carbocycles. The Balaban J connectivity index is 2.00. The Morgan fingerprint density at radius 3 is 1.73 bits per heavy atom. The Hall–Kier alpha value is -1.26. The van der Waals surface area contributed by atoms with Gasteiger partial charge in [-0.15, -0.1) is 23.2 Å². The largest absolute Gasteiger partial charge is 0.422 e. The fourth-order valence-electron chi connectivity index (χ4n) is 3.12. The summed E-state index contributed by atoms with van der Waals surface area (Å²) in [6.45, 7) is 3.10. The van der Waals surface area contributed by atoms with Gasteiger partial charge in [0.1, 0.15) is 0 Å². The molecule has 1 saturated heterocycles. The standard InChI is InChI=1S/C16H16Cl2O4/c1-15(2)21-13(19)16(14(20)22-15)5-9-3-11(7-17)12(8-18)4-10(9)6-16/h3-4H,5-8H2,1-2H3. The molecule has 1 aliphatic heterocycles. The zero-order chi connectivity index (χ0) is 16.1. The summed E-state index contributed by atoms with van der Waals surface area (Å²) in [5, 5.41) is 0. The van der Waals surface area contributed by atoms with Gasteiger partial charge in [0, 0.05) is 25.6 Å². The summed E-state index contributed by atoms with van der Waals surface area (Å²) in [6.07, 6.45) is 0.561. The molecule has 3 rings (SSSR count). The first-order valence-corrected chi connectivity index (χ1v) is 8.10. The molecule has 0 atom stereocenters. The van der Waals surface area contributed by atoms with Gasteiger partial charge in [0.05, 0.1) is 0 Å². The Bertz CT molecular complexity index is 611. The fourth-order valence-corrected chi connectivity index (χ4v) is 3.61. The Labute approximate surface area is 138 Å². The van der Waals surface area contributed by atoms with E-state index in [2.05, 4.69) is 0 Å². The number of carbonyl (C=O) groups excluding carboxylic acids is 2. The van der Waals surface area contributed by atoms with E-state index < -0.39 is 23.1 Å². The predicted molar refractivity (Wildman–Crippen MR) is 81.7 cm³/mol. The lowest BCUT2D eigenvalue weighted by Crippen LogP contribution is -2.54. The molecule has 1 fully saturated rings. The molecule has 0 bridgehead atoms. The van der Waals surface area contributed by atoms with Crippen LogP contribution in [0, 0.1) is 5.41 Å². The smallest absolute Gasteiger partial charge is 0.327 e. The second-order valence-electron chi connectivity index (χ2n) is 6.27. The number of ether oxygens (including phenoxy) is 2. The minimum Gasteiger partial charge on any atom is -0.422 e. The number of rotatable bonds is 2. The average molecular weight is 343 g/mol. The van der Waals surface area contributed by atoms with Crippen LogP contribution in [0.5, 0.6) is 0 Å². The number of halogens is 2. The van der Waals surface area contributed by atoms with E-state index in [-0.39, 0.29) is 12.8 Å². The molecule has 0 unspecified atom stereocenters. The predicted octanol–water partition coefficient (Wildman–Crippen LogP) is 3.09. The molecule has 2 aliphatic rings. The van der Waals surface area contributed by atoms with Gasteiger partial charge >= 0.3 is 11.9 Å². The lowest BCUT2D eigenvalue weighted by molar-refractivity contribution is -0.250. The minimum absolute atomic E-state index is 0.280. The number of benzene rings is 1. The molecule has 1 spiro atoms. The summed E-state index contributed by atoms with van der Waals surface area (Å²) < 4.78 is 10.6. The molecule has 22 heavy (non-hydrogen) atoms. The van der Waals surface area contributed by atoms with Crippen molar-refractivity contribution in [2.75, 3.05) is 0 Å². The average Bonchev–Trinajstić information content (AvgIpc) is 2.82. The molecule has 0 amide bonds. The molecule has 1 heterocycles. The van der Waals surface area contributed by atoms with Crippen LogP contribution >= 0.6 is 23.2 Å². The van der Waals surface area contributed by atoms with Crippen LogP contribution in [0.4, 0.5) is 0 Å². The van der Waals surface area contributed by atoms with Crippen molar-refractivity contribution in [3.05, 3.63) is 34.4 Å². The van der Waals surface area contributed by atoms with Crippen molar-refractivity contribution >= 4 is 35.1 Å². The minimum atomic E-state index is -1.27. The van der Waals surface area contributed by atoms with E-state index in [1.54, 1.807) is 13.8 Å². The quantitative estimate of drug-likeness (QED) is 0.470. The van der Waals surface area contributed by atoms with E-state index in [4.69, 9.17) is 32.7 Å². The van der Waals surface area contributed by atoms with Gasteiger partial charge in [0.2, 0.25) is 0 Å². The molecule has 0 saturated carbocycles. The normalized spacial score (nSPS) is 21.5. The molecule has 0 aromatic heterocycles. The second-order valence-corrected chi connectivity index (χ2v) is 6.81. The van der Waals surface area contributed by atoms with Gasteiger partial charge in [0.15, 0.2) is 5.41 Å². The number of fused-ring (bicyclic) bond motifs is 1. The van der Waals surface area contributed by atoms with Crippen LogP contribution in [0.25, 0.3) is 0 Å². The third-order valence-electron chi connectivity index (χ3n) is 4.25. The summed E-state index contributed by atoms with van der Waals surface area (Å²) in [7, 11) is 0. The van der Waals surface area contributed by atoms with Crippen molar-refractivity contribution in [1.29, 1.82) is 0 Å². The van der Waals surface area contributed by atoms with Crippen molar-refractivity contribution in [2.24, 2.45) is 5.41 Å². The van der Waals surface area contributed by atoms with Crippen molar-refractivity contribution in [1.82, 2.24) is 0 Å². The summed E-state index contributed by atoms with van der Waals surface area (Å²) >= 11 is 11.9. The molecule has 0 N–H and O–H groups in total. The van der Waals surface area contributed by atoms with Gasteiger partial charge < -0.3 is 9.47 Å². The van der Waals surface area contributed by atoms with E-state index in [1.807, 2.05) is 12.1 Å². The van der Waals surface area contributed by atoms with Gasteiger partial charge in [-0.25, -0.2) is 0 Å². The third-order valence-corrected chi connectivity index (χ3v) is 4.83. The number of esters is 2. The molecule has 0 radical (unpaired) electrons. The van der Waals surface area contributed by atoms with E-state index in [0.717, 1.165) is 22.3 Å². The molecular weight excluding hydrogens is 327 g/mol. The summed E-state index contributed by atoms with van der Waals surface area (Å²) in [6, 6.07) is 3.85. The zero-order valence-corrected chi connectivity index (χ0v) is 13.9. The monoisotopic (exact) mass is 342 g/mol. The molecule has 118 valence electrons. The summed E-state index contributed by atoms with van der Waals surface area (Å²) in [5.74, 6) is -1.58. The van der Waals surface area contributed by atoms with E-state index in [9.17, 15) is 9.59 Å². The van der Waals surface area contributed by atoms with E-state index in [1.165, 1.54) is 0 Å². The Morgan fingerprint density at radius 1 is 0.955 bits per heavy atom. The van der Waals surface area contributed by atoms with Gasteiger partial charge in [-0.3, -0.25) is 9.59 Å². The van der Waals surface area contributed by atoms with Crippen LogP contribution in [0.1, 0.15) is 36.1 Å². The molecule has 1 aromatic carbocycles. The maximum Gasteiger partial charge on any atom is 0.327 e. The van der Waals surface area contributed by atoms with Gasteiger partial charge in [0.25, 0.3) is 5.79 Å². The number of cyclic esters (lactones) is 2. The van der Waals surface area contributed by atoms with Crippen molar-refractivity contribution in [3.8, 4) is 0 Å². The van der Waals surface area contributed by atoms with Crippen LogP contribution in [-0.4, -0.2) is 17.7 Å². The summed E-state index contributed by atoms with van der Waals surface area (Å²) in [4.78, 5) is 24.9. The maximum absolute atomic E-state index is 12.4. The fraction of sp³-hybridized carbons (Fsp3) is 0.500. The molecular formula is C16H16Cl2O4. The lowest BCUT2D eigenvalue weighted by Gasteiger charge is -2.38. The first-order valence-electron chi connectivity index (χ1n) is 7.04. The number of hydrogen-bond acceptors (Lipinski definition) is 4. The summed E-state index contributed by atoms with van der Waals surface area (Å²) in [5.41, 5.74) is 2.43. The van der Waals surface area contributed by atoms with Crippen LogP contribution in [0.15, 0.2) is 12.1 Å². The van der Waals surface area contributed by atoms with Crippen LogP contribution in [0.3, 0.4) is 0 Å². The third kappa shape index (κ3) is 2.29. The second kappa shape index (κ2) is 5.14. The highest BCUT2D eigenvalue weighted by Gasteiger charge is 2.58. The highest BCUT2D eigenvalue weighted by molar-refractivity contribution is 6.18. The Morgan fingerprint density at radius 2 is 1.36 bits per heavy atom. The number of alkyl halides is 2. The highest BCUT2D eigenvalue weighted by Crippen LogP contribution is 2.44. The Kier molecular flexibility index (Phi) is 3.65. The molecule has 6 heteroatoms. The first-order chi connectivity index (χ1) is 10.3. The lowest BCUT2D eigenvalue weighted by atomic mass is 9.84. The first kappa shape index (κ1) is 15.6. The van der Waals surface area contributed by atoms with Crippen LogP contribution in [0.2, 0.25) is 0 Å². The zero-order valence-electron chi connectivity index (χ0n) is 12.4. The van der Waals surface area contributed by atoms with Gasteiger partial charge in [-0.1, -0.05) is 12.1 Å². The highest BCUT2D eigenvalue weighted by atomic mass is 35.5.